The van der Waals surface area contributed by atoms with Crippen LogP contribution in [0.15, 0.2) is 12.4 Å². The standard InChI is InChI=1S/C12H21N3/c1-3-7-15-8-6-14-12(15)11-4-5-13-10(2)9-11/h6,8,10-11,13H,3-5,7,9H2,1-2H3. The summed E-state index contributed by atoms with van der Waals surface area (Å²) in [5.74, 6) is 1.95. The van der Waals surface area contributed by atoms with Crippen LogP contribution in [-0.2, 0) is 6.54 Å². The van der Waals surface area contributed by atoms with Gasteiger partial charge in [0.25, 0.3) is 0 Å². The number of imidazole rings is 1. The summed E-state index contributed by atoms with van der Waals surface area (Å²) in [4.78, 5) is 4.53. The molecule has 2 rings (SSSR count). The van der Waals surface area contributed by atoms with Crippen LogP contribution in [0.3, 0.4) is 0 Å². The van der Waals surface area contributed by atoms with Gasteiger partial charge in [0.05, 0.1) is 0 Å². The Morgan fingerprint density at radius 3 is 3.20 bits per heavy atom. The fraction of sp³-hybridized carbons (Fsp3) is 0.750. The maximum absolute atomic E-state index is 4.53. The molecule has 0 radical (unpaired) electrons. The van der Waals surface area contributed by atoms with Gasteiger partial charge in [0.1, 0.15) is 5.82 Å². The molecule has 0 bridgehead atoms. The van der Waals surface area contributed by atoms with Crippen molar-refractivity contribution in [2.24, 2.45) is 0 Å². The predicted molar refractivity (Wildman–Crippen MR) is 62.0 cm³/mol. The first-order chi connectivity index (χ1) is 7.31. The molecule has 1 aromatic heterocycles. The number of aromatic nitrogens is 2. The molecular formula is C12H21N3. The van der Waals surface area contributed by atoms with E-state index in [1.54, 1.807) is 0 Å². The van der Waals surface area contributed by atoms with E-state index in [2.05, 4.69) is 34.9 Å². The average Bonchev–Trinajstić information content (AvgIpc) is 2.66. The van der Waals surface area contributed by atoms with E-state index >= 15 is 0 Å². The molecule has 2 heterocycles. The van der Waals surface area contributed by atoms with Crippen molar-refractivity contribution in [2.45, 2.75) is 51.6 Å². The van der Waals surface area contributed by atoms with Crippen molar-refractivity contribution in [3.8, 4) is 0 Å². The van der Waals surface area contributed by atoms with Crippen molar-refractivity contribution in [2.75, 3.05) is 6.54 Å². The number of piperidine rings is 1. The second-order valence-electron chi connectivity index (χ2n) is 4.56. The van der Waals surface area contributed by atoms with Crippen LogP contribution in [0, 0.1) is 0 Å². The van der Waals surface area contributed by atoms with Crippen molar-refractivity contribution in [1.29, 1.82) is 0 Å². The Labute approximate surface area is 91.9 Å². The van der Waals surface area contributed by atoms with Gasteiger partial charge in [0.2, 0.25) is 0 Å². The number of hydrogen-bond donors (Lipinski definition) is 1. The van der Waals surface area contributed by atoms with Crippen LogP contribution in [-0.4, -0.2) is 22.1 Å². The van der Waals surface area contributed by atoms with E-state index in [1.807, 2.05) is 6.20 Å². The molecule has 0 spiro atoms. The Hall–Kier alpha value is -0.830. The average molecular weight is 207 g/mol. The summed E-state index contributed by atoms with van der Waals surface area (Å²) < 4.78 is 2.32. The van der Waals surface area contributed by atoms with Crippen LogP contribution in [0.5, 0.6) is 0 Å². The van der Waals surface area contributed by atoms with Gasteiger partial charge in [-0.15, -0.1) is 0 Å². The van der Waals surface area contributed by atoms with Crippen molar-refractivity contribution in [3.05, 3.63) is 18.2 Å². The van der Waals surface area contributed by atoms with Crippen LogP contribution in [0.1, 0.15) is 44.9 Å². The Kier molecular flexibility index (Phi) is 3.41. The molecule has 1 aliphatic heterocycles. The van der Waals surface area contributed by atoms with E-state index in [1.165, 1.54) is 25.1 Å². The Morgan fingerprint density at radius 1 is 1.60 bits per heavy atom. The normalized spacial score (nSPS) is 26.8. The summed E-state index contributed by atoms with van der Waals surface area (Å²) >= 11 is 0. The molecule has 15 heavy (non-hydrogen) atoms. The van der Waals surface area contributed by atoms with E-state index in [-0.39, 0.29) is 0 Å². The second-order valence-corrected chi connectivity index (χ2v) is 4.56. The number of rotatable bonds is 3. The Balaban J connectivity index is 2.10. The van der Waals surface area contributed by atoms with Gasteiger partial charge in [-0.1, -0.05) is 6.92 Å². The van der Waals surface area contributed by atoms with Crippen molar-refractivity contribution >= 4 is 0 Å². The minimum Gasteiger partial charge on any atom is -0.335 e. The quantitative estimate of drug-likeness (QED) is 0.823. The minimum atomic E-state index is 0.635. The molecule has 1 fully saturated rings. The Bertz CT molecular complexity index is 306. The lowest BCUT2D eigenvalue weighted by Gasteiger charge is -2.28. The zero-order chi connectivity index (χ0) is 10.7. The minimum absolute atomic E-state index is 0.635. The van der Waals surface area contributed by atoms with Crippen LogP contribution < -0.4 is 5.32 Å². The zero-order valence-electron chi connectivity index (χ0n) is 9.74. The summed E-state index contributed by atoms with van der Waals surface area (Å²) in [5, 5.41) is 3.49. The van der Waals surface area contributed by atoms with Gasteiger partial charge in [-0.25, -0.2) is 4.98 Å². The monoisotopic (exact) mass is 207 g/mol. The molecular weight excluding hydrogens is 186 g/mol. The highest BCUT2D eigenvalue weighted by molar-refractivity contribution is 5.03. The topological polar surface area (TPSA) is 29.9 Å². The molecule has 1 N–H and O–H groups in total. The first kappa shape index (κ1) is 10.7. The molecule has 1 aromatic rings. The fourth-order valence-electron chi connectivity index (χ4n) is 2.48. The lowest BCUT2D eigenvalue weighted by Crippen LogP contribution is -2.35. The van der Waals surface area contributed by atoms with Crippen LogP contribution >= 0.6 is 0 Å². The van der Waals surface area contributed by atoms with Crippen molar-refractivity contribution < 1.29 is 0 Å². The van der Waals surface area contributed by atoms with E-state index in [4.69, 9.17) is 0 Å². The zero-order valence-corrected chi connectivity index (χ0v) is 9.74. The lowest BCUT2D eigenvalue weighted by atomic mass is 9.92. The predicted octanol–water partition coefficient (Wildman–Crippen LogP) is 2.15. The summed E-state index contributed by atoms with van der Waals surface area (Å²) in [6, 6.07) is 0.635. The molecule has 2 atom stereocenters. The summed E-state index contributed by atoms with van der Waals surface area (Å²) in [6.45, 7) is 6.71. The van der Waals surface area contributed by atoms with Gasteiger partial charge in [0, 0.05) is 30.9 Å². The molecule has 84 valence electrons. The third kappa shape index (κ3) is 2.40. The highest BCUT2D eigenvalue weighted by Gasteiger charge is 2.22. The number of nitrogens with zero attached hydrogens (tertiary/aromatic N) is 2. The Morgan fingerprint density at radius 2 is 2.47 bits per heavy atom. The van der Waals surface area contributed by atoms with Gasteiger partial charge in [0.15, 0.2) is 0 Å². The number of hydrogen-bond acceptors (Lipinski definition) is 2. The first-order valence-electron chi connectivity index (χ1n) is 6.05. The number of nitrogens with one attached hydrogen (secondary N) is 1. The van der Waals surface area contributed by atoms with Crippen LogP contribution in [0.25, 0.3) is 0 Å². The highest BCUT2D eigenvalue weighted by atomic mass is 15.1. The van der Waals surface area contributed by atoms with Gasteiger partial charge < -0.3 is 9.88 Å². The van der Waals surface area contributed by atoms with Crippen molar-refractivity contribution in [1.82, 2.24) is 14.9 Å². The van der Waals surface area contributed by atoms with Gasteiger partial charge in [-0.05, 0) is 32.7 Å². The molecule has 0 amide bonds. The van der Waals surface area contributed by atoms with Gasteiger partial charge >= 0.3 is 0 Å². The number of aryl methyl sites for hydroxylation is 1. The SMILES string of the molecule is CCCn1ccnc1C1CCNC(C)C1. The smallest absolute Gasteiger partial charge is 0.111 e. The van der Waals surface area contributed by atoms with E-state index in [0.29, 0.717) is 12.0 Å². The molecule has 3 heteroatoms. The van der Waals surface area contributed by atoms with E-state index in [0.717, 1.165) is 13.1 Å². The van der Waals surface area contributed by atoms with Gasteiger partial charge in [-0.2, -0.15) is 0 Å². The molecule has 1 aliphatic rings. The lowest BCUT2D eigenvalue weighted by molar-refractivity contribution is 0.363. The molecule has 1 saturated heterocycles. The molecule has 0 saturated carbocycles. The second kappa shape index (κ2) is 4.79. The summed E-state index contributed by atoms with van der Waals surface area (Å²) in [6.07, 6.45) is 7.69. The molecule has 0 aromatic carbocycles. The van der Waals surface area contributed by atoms with Crippen molar-refractivity contribution in [3.63, 3.8) is 0 Å². The first-order valence-corrected chi connectivity index (χ1v) is 6.05. The maximum atomic E-state index is 4.53. The fourth-order valence-corrected chi connectivity index (χ4v) is 2.48. The summed E-state index contributed by atoms with van der Waals surface area (Å²) in [7, 11) is 0. The third-order valence-electron chi connectivity index (χ3n) is 3.20. The third-order valence-corrected chi connectivity index (χ3v) is 3.20. The van der Waals surface area contributed by atoms with E-state index < -0.39 is 0 Å². The molecule has 2 unspecified atom stereocenters. The summed E-state index contributed by atoms with van der Waals surface area (Å²) in [5.41, 5.74) is 0. The van der Waals surface area contributed by atoms with Crippen LogP contribution in [0.2, 0.25) is 0 Å². The molecule has 0 aliphatic carbocycles. The molecule has 3 nitrogen and oxygen atoms in total. The van der Waals surface area contributed by atoms with Gasteiger partial charge in [-0.3, -0.25) is 0 Å². The largest absolute Gasteiger partial charge is 0.335 e. The van der Waals surface area contributed by atoms with E-state index in [9.17, 15) is 0 Å². The maximum Gasteiger partial charge on any atom is 0.111 e. The highest BCUT2D eigenvalue weighted by Crippen LogP contribution is 2.26. The van der Waals surface area contributed by atoms with Crippen LogP contribution in [0.4, 0.5) is 0 Å².